The Morgan fingerprint density at radius 2 is 2.33 bits per heavy atom. The van der Waals surface area contributed by atoms with E-state index in [0.717, 1.165) is 19.4 Å². The molecule has 1 rings (SSSR count). The van der Waals surface area contributed by atoms with Crippen LogP contribution in [0.2, 0.25) is 0 Å². The number of hydrogen-bond donors (Lipinski definition) is 1. The summed E-state index contributed by atoms with van der Waals surface area (Å²) < 4.78 is 5.33. The molecule has 15 heavy (non-hydrogen) atoms. The van der Waals surface area contributed by atoms with Crippen LogP contribution in [0.1, 0.15) is 19.3 Å². The van der Waals surface area contributed by atoms with Gasteiger partial charge in [0.2, 0.25) is 0 Å². The standard InChI is InChI=1S/C11H20N2O2/c1-13(2)7-10(14)6-11(8-12)4-3-5-15-9-11/h10,14H,3-7,9H2,1-2H3. The lowest BCUT2D eigenvalue weighted by Gasteiger charge is -2.32. The van der Waals surface area contributed by atoms with Gasteiger partial charge in [0.15, 0.2) is 0 Å². The Morgan fingerprint density at radius 1 is 1.60 bits per heavy atom. The van der Waals surface area contributed by atoms with Crippen LogP contribution in [-0.2, 0) is 4.74 Å². The second-order valence-electron chi connectivity index (χ2n) is 4.67. The first kappa shape index (κ1) is 12.4. The van der Waals surface area contributed by atoms with E-state index >= 15 is 0 Å². The predicted octanol–water partition coefficient (Wildman–Crippen LogP) is 0.619. The van der Waals surface area contributed by atoms with Crippen LogP contribution in [0.15, 0.2) is 0 Å². The second-order valence-corrected chi connectivity index (χ2v) is 4.67. The van der Waals surface area contributed by atoms with Crippen LogP contribution >= 0.6 is 0 Å². The minimum Gasteiger partial charge on any atom is -0.392 e. The highest BCUT2D eigenvalue weighted by Gasteiger charge is 2.35. The van der Waals surface area contributed by atoms with Crippen LogP contribution in [0, 0.1) is 16.7 Å². The summed E-state index contributed by atoms with van der Waals surface area (Å²) >= 11 is 0. The number of likely N-dealkylation sites (N-methyl/N-ethyl adjacent to an activating group) is 1. The molecular formula is C11H20N2O2. The highest BCUT2D eigenvalue weighted by atomic mass is 16.5. The lowest BCUT2D eigenvalue weighted by atomic mass is 9.79. The third-order valence-electron chi connectivity index (χ3n) is 2.76. The van der Waals surface area contributed by atoms with Gasteiger partial charge in [0.25, 0.3) is 0 Å². The van der Waals surface area contributed by atoms with Crippen LogP contribution in [0.3, 0.4) is 0 Å². The Balaban J connectivity index is 2.48. The lowest BCUT2D eigenvalue weighted by molar-refractivity contribution is -0.00895. The second kappa shape index (κ2) is 5.45. The molecule has 1 aliphatic rings. The highest BCUT2D eigenvalue weighted by Crippen LogP contribution is 2.32. The Hall–Kier alpha value is -0.630. The molecule has 1 fully saturated rings. The maximum atomic E-state index is 9.82. The van der Waals surface area contributed by atoms with Gasteiger partial charge in [-0.15, -0.1) is 0 Å². The summed E-state index contributed by atoms with van der Waals surface area (Å²) in [5.74, 6) is 0. The summed E-state index contributed by atoms with van der Waals surface area (Å²) in [6.45, 7) is 1.81. The van der Waals surface area contributed by atoms with Crippen LogP contribution in [-0.4, -0.2) is 50.0 Å². The Kier molecular flexibility index (Phi) is 4.52. The van der Waals surface area contributed by atoms with Gasteiger partial charge in [0.1, 0.15) is 0 Å². The van der Waals surface area contributed by atoms with Gasteiger partial charge in [-0.3, -0.25) is 0 Å². The molecule has 0 spiro atoms. The molecule has 4 heteroatoms. The summed E-state index contributed by atoms with van der Waals surface area (Å²) in [6, 6.07) is 2.32. The van der Waals surface area contributed by atoms with E-state index in [1.807, 2.05) is 19.0 Å². The molecule has 0 aromatic carbocycles. The molecule has 1 N–H and O–H groups in total. The third-order valence-corrected chi connectivity index (χ3v) is 2.76. The molecule has 2 unspecified atom stereocenters. The van der Waals surface area contributed by atoms with E-state index < -0.39 is 11.5 Å². The smallest absolute Gasteiger partial charge is 0.0832 e. The number of ether oxygens (including phenoxy) is 1. The number of rotatable bonds is 4. The van der Waals surface area contributed by atoms with E-state index in [1.54, 1.807) is 0 Å². The zero-order chi connectivity index (χ0) is 11.3. The van der Waals surface area contributed by atoms with Gasteiger partial charge >= 0.3 is 0 Å². The summed E-state index contributed by atoms with van der Waals surface area (Å²) in [5.41, 5.74) is -0.465. The van der Waals surface area contributed by atoms with Gasteiger partial charge in [-0.25, -0.2) is 0 Å². The number of aliphatic hydroxyl groups is 1. The molecular weight excluding hydrogens is 192 g/mol. The van der Waals surface area contributed by atoms with E-state index in [1.165, 1.54) is 0 Å². The molecule has 0 saturated carbocycles. The average molecular weight is 212 g/mol. The number of hydrogen-bond acceptors (Lipinski definition) is 4. The first-order valence-electron chi connectivity index (χ1n) is 5.40. The molecule has 0 bridgehead atoms. The van der Waals surface area contributed by atoms with Crippen LogP contribution in [0.5, 0.6) is 0 Å². The van der Waals surface area contributed by atoms with E-state index in [4.69, 9.17) is 10.00 Å². The zero-order valence-corrected chi connectivity index (χ0v) is 9.57. The van der Waals surface area contributed by atoms with Gasteiger partial charge in [-0.2, -0.15) is 5.26 Å². The molecule has 0 aromatic heterocycles. The van der Waals surface area contributed by atoms with E-state index in [2.05, 4.69) is 6.07 Å². The maximum absolute atomic E-state index is 9.82. The molecule has 2 atom stereocenters. The maximum Gasteiger partial charge on any atom is 0.0832 e. The fourth-order valence-electron chi connectivity index (χ4n) is 2.08. The van der Waals surface area contributed by atoms with Crippen LogP contribution < -0.4 is 0 Å². The van der Waals surface area contributed by atoms with Crippen molar-refractivity contribution in [3.05, 3.63) is 0 Å². The van der Waals surface area contributed by atoms with Crippen molar-refractivity contribution in [2.45, 2.75) is 25.4 Å². The molecule has 0 aliphatic carbocycles. The number of nitrogens with zero attached hydrogens (tertiary/aromatic N) is 2. The summed E-state index contributed by atoms with van der Waals surface area (Å²) in [5, 5.41) is 19.0. The van der Waals surface area contributed by atoms with Crippen molar-refractivity contribution < 1.29 is 9.84 Å². The van der Waals surface area contributed by atoms with Crippen molar-refractivity contribution in [3.8, 4) is 6.07 Å². The summed E-state index contributed by atoms with van der Waals surface area (Å²) in [6.07, 6.45) is 1.83. The lowest BCUT2D eigenvalue weighted by Crippen LogP contribution is -2.37. The van der Waals surface area contributed by atoms with Crippen molar-refractivity contribution in [2.24, 2.45) is 5.41 Å². The SMILES string of the molecule is CN(C)CC(O)CC1(C#N)CCCOC1. The Labute approximate surface area is 91.4 Å². The quantitative estimate of drug-likeness (QED) is 0.742. The number of aliphatic hydroxyl groups excluding tert-OH is 1. The molecule has 86 valence electrons. The van der Waals surface area contributed by atoms with Crippen LogP contribution in [0.4, 0.5) is 0 Å². The molecule has 0 radical (unpaired) electrons. The van der Waals surface area contributed by atoms with E-state index in [0.29, 0.717) is 19.6 Å². The topological polar surface area (TPSA) is 56.5 Å². The third kappa shape index (κ3) is 3.78. The highest BCUT2D eigenvalue weighted by molar-refractivity contribution is 5.01. The van der Waals surface area contributed by atoms with E-state index in [-0.39, 0.29) is 0 Å². The van der Waals surface area contributed by atoms with Crippen molar-refractivity contribution in [1.82, 2.24) is 4.90 Å². The first-order valence-corrected chi connectivity index (χ1v) is 5.40. The minimum atomic E-state index is -0.465. The average Bonchev–Trinajstić information content (AvgIpc) is 2.17. The first-order chi connectivity index (χ1) is 7.08. The summed E-state index contributed by atoms with van der Waals surface area (Å²) in [7, 11) is 3.83. The van der Waals surface area contributed by atoms with Crippen molar-refractivity contribution in [1.29, 1.82) is 5.26 Å². The monoisotopic (exact) mass is 212 g/mol. The van der Waals surface area contributed by atoms with Gasteiger partial charge in [-0.05, 0) is 33.4 Å². The Bertz CT molecular complexity index is 229. The van der Waals surface area contributed by atoms with Crippen molar-refractivity contribution in [2.75, 3.05) is 33.9 Å². The largest absolute Gasteiger partial charge is 0.392 e. The molecule has 0 amide bonds. The fourth-order valence-corrected chi connectivity index (χ4v) is 2.08. The zero-order valence-electron chi connectivity index (χ0n) is 9.57. The minimum absolute atomic E-state index is 0.443. The Morgan fingerprint density at radius 3 is 2.80 bits per heavy atom. The summed E-state index contributed by atoms with van der Waals surface area (Å²) in [4.78, 5) is 1.93. The van der Waals surface area contributed by atoms with Crippen molar-refractivity contribution >= 4 is 0 Å². The van der Waals surface area contributed by atoms with Gasteiger partial charge in [-0.1, -0.05) is 0 Å². The normalized spacial score (nSPS) is 28.7. The molecule has 1 heterocycles. The van der Waals surface area contributed by atoms with E-state index in [9.17, 15) is 5.11 Å². The molecule has 1 saturated heterocycles. The fraction of sp³-hybridized carbons (Fsp3) is 0.909. The number of nitriles is 1. The molecule has 1 aliphatic heterocycles. The predicted molar refractivity (Wildman–Crippen MR) is 57.3 cm³/mol. The molecule has 0 aromatic rings. The van der Waals surface area contributed by atoms with Gasteiger partial charge < -0.3 is 14.7 Å². The molecule has 4 nitrogen and oxygen atoms in total. The van der Waals surface area contributed by atoms with Gasteiger partial charge in [0.05, 0.1) is 24.2 Å². The van der Waals surface area contributed by atoms with Crippen LogP contribution in [0.25, 0.3) is 0 Å². The van der Waals surface area contributed by atoms with Gasteiger partial charge in [0, 0.05) is 13.2 Å². The van der Waals surface area contributed by atoms with Crippen molar-refractivity contribution in [3.63, 3.8) is 0 Å².